The van der Waals surface area contributed by atoms with Crippen molar-refractivity contribution in [2.24, 2.45) is 5.92 Å². The number of carbonyl (C=O) groups is 1. The Kier molecular flexibility index (Phi) is 8.96. The molecule has 10 heteroatoms. The summed E-state index contributed by atoms with van der Waals surface area (Å²) in [5.74, 6) is 0.0394. The first-order valence-electron chi connectivity index (χ1n) is 9.82. The molecule has 0 bridgehead atoms. The molecule has 3 rings (SSSR count). The number of hydrogen-bond donors (Lipinski definition) is 1. The molecule has 1 atom stereocenters. The highest BCUT2D eigenvalue weighted by atomic mass is 35.5. The molecule has 0 unspecified atom stereocenters. The summed E-state index contributed by atoms with van der Waals surface area (Å²) in [6.45, 7) is 1.10. The Labute approximate surface area is 202 Å². The third-order valence-corrected chi connectivity index (χ3v) is 8.63. The lowest BCUT2D eigenvalue weighted by Crippen LogP contribution is -2.46. The molecule has 0 radical (unpaired) electrons. The smallest absolute Gasteiger partial charge is 0.224 e. The molecule has 0 spiro atoms. The Bertz CT molecular complexity index is 1020. The Morgan fingerprint density at radius 1 is 1.10 bits per heavy atom. The molecule has 31 heavy (non-hydrogen) atoms. The van der Waals surface area contributed by atoms with Crippen molar-refractivity contribution in [1.82, 2.24) is 9.62 Å². The average molecular weight is 522 g/mol. The molecular formula is C21H23Cl3N2O3S2. The lowest BCUT2D eigenvalue weighted by molar-refractivity contribution is -0.125. The first-order valence-corrected chi connectivity index (χ1v) is 13.6. The summed E-state index contributed by atoms with van der Waals surface area (Å²) in [5.41, 5.74) is 0.497. The van der Waals surface area contributed by atoms with E-state index in [2.05, 4.69) is 5.32 Å². The predicted molar refractivity (Wildman–Crippen MR) is 129 cm³/mol. The fourth-order valence-electron chi connectivity index (χ4n) is 3.35. The molecule has 1 aliphatic heterocycles. The van der Waals surface area contributed by atoms with E-state index in [1.165, 1.54) is 10.4 Å². The SMILES string of the molecule is O=C(NCCSc1ccc(Cl)cc1)[C@@H]1CCCN(S(=O)(=O)Cc2ccc(Cl)cc2Cl)C1. The van der Waals surface area contributed by atoms with E-state index in [1.54, 1.807) is 23.9 Å². The number of nitrogens with one attached hydrogen (secondary N) is 1. The highest BCUT2D eigenvalue weighted by Gasteiger charge is 2.32. The molecule has 1 saturated heterocycles. The van der Waals surface area contributed by atoms with Crippen LogP contribution in [0.5, 0.6) is 0 Å². The summed E-state index contributed by atoms with van der Waals surface area (Å²) in [7, 11) is -3.59. The van der Waals surface area contributed by atoms with Crippen molar-refractivity contribution in [3.63, 3.8) is 0 Å². The Morgan fingerprint density at radius 3 is 2.52 bits per heavy atom. The summed E-state index contributed by atoms with van der Waals surface area (Å²) in [6, 6.07) is 12.3. The van der Waals surface area contributed by atoms with Gasteiger partial charge >= 0.3 is 0 Å². The maximum absolute atomic E-state index is 12.9. The van der Waals surface area contributed by atoms with Crippen LogP contribution in [0, 0.1) is 5.92 Å². The van der Waals surface area contributed by atoms with Crippen LogP contribution < -0.4 is 5.32 Å². The summed E-state index contributed by atoms with van der Waals surface area (Å²) in [4.78, 5) is 13.7. The van der Waals surface area contributed by atoms with Crippen LogP contribution in [0.4, 0.5) is 0 Å². The van der Waals surface area contributed by atoms with Crippen LogP contribution in [0.3, 0.4) is 0 Å². The van der Waals surface area contributed by atoms with Crippen LogP contribution in [-0.4, -0.2) is 44.0 Å². The molecule has 5 nitrogen and oxygen atoms in total. The van der Waals surface area contributed by atoms with Crippen LogP contribution in [0.25, 0.3) is 0 Å². The number of hydrogen-bond acceptors (Lipinski definition) is 4. The van der Waals surface area contributed by atoms with Crippen molar-refractivity contribution in [2.45, 2.75) is 23.5 Å². The zero-order valence-corrected chi connectivity index (χ0v) is 20.6. The maximum Gasteiger partial charge on any atom is 0.224 e. The molecule has 168 valence electrons. The third-order valence-electron chi connectivity index (χ3n) is 4.98. The minimum Gasteiger partial charge on any atom is -0.355 e. The van der Waals surface area contributed by atoms with Crippen LogP contribution >= 0.6 is 46.6 Å². The van der Waals surface area contributed by atoms with Gasteiger partial charge in [-0.15, -0.1) is 11.8 Å². The number of thioether (sulfide) groups is 1. The van der Waals surface area contributed by atoms with E-state index >= 15 is 0 Å². The topological polar surface area (TPSA) is 66.5 Å². The zero-order chi connectivity index (χ0) is 22.4. The molecule has 1 N–H and O–H groups in total. The Hall–Kier alpha value is -0.960. The van der Waals surface area contributed by atoms with Gasteiger partial charge in [-0.2, -0.15) is 0 Å². The van der Waals surface area contributed by atoms with E-state index in [0.717, 1.165) is 10.6 Å². The van der Waals surface area contributed by atoms with Crippen molar-refractivity contribution >= 4 is 62.5 Å². The summed E-state index contributed by atoms with van der Waals surface area (Å²) < 4.78 is 27.2. The van der Waals surface area contributed by atoms with Gasteiger partial charge in [-0.3, -0.25) is 4.79 Å². The molecular weight excluding hydrogens is 499 g/mol. The second-order valence-corrected chi connectivity index (χ2v) is 11.7. The second-order valence-electron chi connectivity index (χ2n) is 7.28. The molecule has 2 aromatic rings. The fourth-order valence-corrected chi connectivity index (χ4v) is 6.44. The number of sulfonamides is 1. The summed E-state index contributed by atoms with van der Waals surface area (Å²) in [6.07, 6.45) is 1.31. The monoisotopic (exact) mass is 520 g/mol. The molecule has 1 fully saturated rings. The lowest BCUT2D eigenvalue weighted by atomic mass is 9.99. The molecule has 1 heterocycles. The van der Waals surface area contributed by atoms with E-state index < -0.39 is 10.0 Å². The van der Waals surface area contributed by atoms with Crippen molar-refractivity contribution in [3.8, 4) is 0 Å². The largest absolute Gasteiger partial charge is 0.355 e. The van der Waals surface area contributed by atoms with Crippen LogP contribution in [0.15, 0.2) is 47.4 Å². The lowest BCUT2D eigenvalue weighted by Gasteiger charge is -2.31. The predicted octanol–water partition coefficient (Wildman–Crippen LogP) is 5.10. The number of carbonyl (C=O) groups excluding carboxylic acids is 1. The van der Waals surface area contributed by atoms with E-state index in [0.29, 0.717) is 46.6 Å². The number of halogens is 3. The van der Waals surface area contributed by atoms with Gasteiger partial charge in [0.15, 0.2) is 0 Å². The average Bonchev–Trinajstić information content (AvgIpc) is 2.74. The number of rotatable bonds is 8. The van der Waals surface area contributed by atoms with Crippen molar-refractivity contribution in [1.29, 1.82) is 0 Å². The van der Waals surface area contributed by atoms with Gasteiger partial charge in [-0.25, -0.2) is 12.7 Å². The second kappa shape index (κ2) is 11.3. The molecule has 0 aliphatic carbocycles. The summed E-state index contributed by atoms with van der Waals surface area (Å²) in [5, 5.41) is 4.39. The van der Waals surface area contributed by atoms with E-state index in [9.17, 15) is 13.2 Å². The molecule has 1 amide bonds. The number of nitrogens with zero attached hydrogens (tertiary/aromatic N) is 1. The first-order chi connectivity index (χ1) is 14.7. The standard InChI is InChI=1S/C21H23Cl3N2O3S2/c22-17-5-7-19(8-6-17)30-11-9-25-21(27)15-2-1-10-26(13-15)31(28,29)14-16-3-4-18(23)12-20(16)24/h3-8,12,15H,1-2,9-11,13-14H2,(H,25,27)/t15-/m1/s1. The minimum atomic E-state index is -3.59. The van der Waals surface area contributed by atoms with E-state index in [4.69, 9.17) is 34.8 Å². The van der Waals surface area contributed by atoms with Gasteiger partial charge in [-0.1, -0.05) is 40.9 Å². The van der Waals surface area contributed by atoms with Crippen molar-refractivity contribution in [2.75, 3.05) is 25.4 Å². The fraction of sp³-hybridized carbons (Fsp3) is 0.381. The number of benzene rings is 2. The van der Waals surface area contributed by atoms with Gasteiger partial charge in [0.1, 0.15) is 0 Å². The number of amides is 1. The van der Waals surface area contributed by atoms with Gasteiger partial charge < -0.3 is 5.32 Å². The van der Waals surface area contributed by atoms with Gasteiger partial charge in [0, 0.05) is 45.4 Å². The normalized spacial score (nSPS) is 17.5. The highest BCUT2D eigenvalue weighted by molar-refractivity contribution is 7.99. The minimum absolute atomic E-state index is 0.110. The number of piperidine rings is 1. The van der Waals surface area contributed by atoms with Crippen molar-refractivity contribution in [3.05, 3.63) is 63.1 Å². The molecule has 0 aromatic heterocycles. The Balaban J connectivity index is 1.50. The highest BCUT2D eigenvalue weighted by Crippen LogP contribution is 2.26. The van der Waals surface area contributed by atoms with Gasteiger partial charge in [0.2, 0.25) is 15.9 Å². The first kappa shape index (κ1) is 24.7. The van der Waals surface area contributed by atoms with Crippen LogP contribution in [0.1, 0.15) is 18.4 Å². The van der Waals surface area contributed by atoms with Crippen LogP contribution in [-0.2, 0) is 20.6 Å². The summed E-state index contributed by atoms with van der Waals surface area (Å²) >= 11 is 19.5. The van der Waals surface area contributed by atoms with Gasteiger partial charge in [0.05, 0.1) is 11.7 Å². The van der Waals surface area contributed by atoms with Gasteiger partial charge in [0.25, 0.3) is 0 Å². The molecule has 0 saturated carbocycles. The molecule has 1 aliphatic rings. The zero-order valence-electron chi connectivity index (χ0n) is 16.7. The van der Waals surface area contributed by atoms with E-state index in [-0.39, 0.29) is 24.1 Å². The quantitative estimate of drug-likeness (QED) is 0.388. The van der Waals surface area contributed by atoms with E-state index in [1.807, 2.05) is 24.3 Å². The van der Waals surface area contributed by atoms with Crippen LogP contribution in [0.2, 0.25) is 15.1 Å². The van der Waals surface area contributed by atoms with Crippen molar-refractivity contribution < 1.29 is 13.2 Å². The molecule has 2 aromatic carbocycles. The maximum atomic E-state index is 12.9. The third kappa shape index (κ3) is 7.27. The van der Waals surface area contributed by atoms with Gasteiger partial charge in [-0.05, 0) is 54.8 Å². The Morgan fingerprint density at radius 2 is 1.81 bits per heavy atom.